The monoisotopic (exact) mass is 448 g/mol. The van der Waals surface area contributed by atoms with E-state index in [2.05, 4.69) is 0 Å². The van der Waals surface area contributed by atoms with E-state index in [0.29, 0.717) is 12.0 Å². The van der Waals surface area contributed by atoms with E-state index in [-0.39, 0.29) is 36.4 Å². The van der Waals surface area contributed by atoms with Gasteiger partial charge in [-0.1, -0.05) is 19.9 Å². The van der Waals surface area contributed by atoms with Crippen LogP contribution in [0, 0.1) is 28.6 Å². The Morgan fingerprint density at radius 2 is 1.88 bits per heavy atom. The minimum absolute atomic E-state index is 0.0952. The van der Waals surface area contributed by atoms with Crippen molar-refractivity contribution in [3.05, 3.63) is 23.8 Å². The standard InChI is InChI=1S/C24H29FO7/c1-21(2)31-17-9-13-12-8-15(25)14-7-11(26)5-6-22(14,3)18(12)16(27)10-23(13,4)24(17,32-21)19(28)20(29)30/h5-7,12-13,15-18,27H,8-10H2,1-4H3,(H,29,30)/t12-,13-,15-,16-,17+,18+,22-,23-,24-/m0/s1. The molecular formula is C24H29FO7. The van der Waals surface area contributed by atoms with E-state index in [4.69, 9.17) is 9.47 Å². The van der Waals surface area contributed by atoms with E-state index in [0.717, 1.165) is 0 Å². The second kappa shape index (κ2) is 6.36. The highest BCUT2D eigenvalue weighted by atomic mass is 19.1. The van der Waals surface area contributed by atoms with Crippen LogP contribution in [0.25, 0.3) is 0 Å². The predicted molar refractivity (Wildman–Crippen MR) is 109 cm³/mol. The fourth-order valence-electron chi connectivity index (χ4n) is 7.99. The fourth-order valence-corrected chi connectivity index (χ4v) is 7.99. The van der Waals surface area contributed by atoms with Gasteiger partial charge in [-0.15, -0.1) is 0 Å². The molecule has 5 aliphatic rings. The van der Waals surface area contributed by atoms with Crippen LogP contribution >= 0.6 is 0 Å². The summed E-state index contributed by atoms with van der Waals surface area (Å²) in [6.45, 7) is 6.91. The maximum atomic E-state index is 15.5. The normalized spacial score (nSPS) is 50.7. The molecular weight excluding hydrogens is 419 g/mol. The third kappa shape index (κ3) is 2.49. The Bertz CT molecular complexity index is 985. The van der Waals surface area contributed by atoms with Gasteiger partial charge in [0.15, 0.2) is 17.2 Å². The molecule has 174 valence electrons. The third-order valence-corrected chi connectivity index (χ3v) is 9.00. The van der Waals surface area contributed by atoms with Crippen molar-refractivity contribution in [2.75, 3.05) is 0 Å². The molecule has 4 fully saturated rings. The number of halogens is 1. The predicted octanol–water partition coefficient (Wildman–Crippen LogP) is 2.37. The lowest BCUT2D eigenvalue weighted by Crippen LogP contribution is -2.65. The lowest BCUT2D eigenvalue weighted by molar-refractivity contribution is -0.226. The minimum atomic E-state index is -1.75. The molecule has 1 saturated heterocycles. The van der Waals surface area contributed by atoms with Gasteiger partial charge in [0, 0.05) is 16.7 Å². The van der Waals surface area contributed by atoms with Crippen molar-refractivity contribution in [3.8, 4) is 0 Å². The molecule has 4 aliphatic carbocycles. The number of aliphatic hydroxyl groups excluding tert-OH is 1. The van der Waals surface area contributed by atoms with Gasteiger partial charge >= 0.3 is 5.97 Å². The molecule has 1 aliphatic heterocycles. The number of hydrogen-bond donors (Lipinski definition) is 2. The average molecular weight is 448 g/mol. The number of rotatable bonds is 2. The highest BCUT2D eigenvalue weighted by Crippen LogP contribution is 2.70. The zero-order chi connectivity index (χ0) is 23.4. The summed E-state index contributed by atoms with van der Waals surface area (Å²) in [5, 5.41) is 21.1. The van der Waals surface area contributed by atoms with Crippen LogP contribution in [0.1, 0.15) is 47.0 Å². The summed E-state index contributed by atoms with van der Waals surface area (Å²) in [5.74, 6) is -5.10. The topological polar surface area (TPSA) is 110 Å². The lowest BCUT2D eigenvalue weighted by atomic mass is 9.46. The van der Waals surface area contributed by atoms with Crippen LogP contribution in [0.4, 0.5) is 4.39 Å². The number of carbonyl (C=O) groups is 3. The van der Waals surface area contributed by atoms with Gasteiger partial charge in [0.1, 0.15) is 6.17 Å². The number of Topliss-reactive ketones (excluding diaryl/α,β-unsaturated/α-hetero) is 1. The molecule has 0 aromatic carbocycles. The summed E-state index contributed by atoms with van der Waals surface area (Å²) in [5.41, 5.74) is -3.25. The largest absolute Gasteiger partial charge is 0.475 e. The molecule has 3 saturated carbocycles. The van der Waals surface area contributed by atoms with Crippen LogP contribution in [-0.4, -0.2) is 57.5 Å². The number of ether oxygens (including phenoxy) is 2. The molecule has 32 heavy (non-hydrogen) atoms. The van der Waals surface area contributed by atoms with E-state index in [1.165, 1.54) is 12.2 Å². The first kappa shape index (κ1) is 21.9. The molecule has 1 heterocycles. The molecule has 9 atom stereocenters. The van der Waals surface area contributed by atoms with E-state index < -0.39 is 52.4 Å². The van der Waals surface area contributed by atoms with Crippen LogP contribution < -0.4 is 0 Å². The summed E-state index contributed by atoms with van der Waals surface area (Å²) in [7, 11) is 0. The summed E-state index contributed by atoms with van der Waals surface area (Å²) in [6.07, 6.45) is 1.92. The molecule has 8 heteroatoms. The number of carboxylic acids is 1. The number of hydrogen-bond acceptors (Lipinski definition) is 6. The molecule has 0 bridgehead atoms. The number of alkyl halides is 1. The van der Waals surface area contributed by atoms with Crippen molar-refractivity contribution in [3.63, 3.8) is 0 Å². The molecule has 0 aromatic rings. The second-order valence-electron chi connectivity index (χ2n) is 11.0. The van der Waals surface area contributed by atoms with Crippen LogP contribution in [0.3, 0.4) is 0 Å². The first-order chi connectivity index (χ1) is 14.8. The van der Waals surface area contributed by atoms with Gasteiger partial charge in [0.05, 0.1) is 12.2 Å². The van der Waals surface area contributed by atoms with Crippen molar-refractivity contribution in [2.45, 2.75) is 76.7 Å². The van der Waals surface area contributed by atoms with E-state index >= 15 is 4.39 Å². The van der Waals surface area contributed by atoms with Crippen molar-refractivity contribution >= 4 is 17.5 Å². The Morgan fingerprint density at radius 1 is 1.19 bits per heavy atom. The molecule has 0 unspecified atom stereocenters. The van der Waals surface area contributed by atoms with Gasteiger partial charge < -0.3 is 19.7 Å². The Balaban J connectivity index is 1.63. The molecule has 0 amide bonds. The van der Waals surface area contributed by atoms with Crippen LogP contribution in [-0.2, 0) is 23.9 Å². The third-order valence-electron chi connectivity index (χ3n) is 9.00. The summed E-state index contributed by atoms with van der Waals surface area (Å²) < 4.78 is 27.6. The Morgan fingerprint density at radius 3 is 2.53 bits per heavy atom. The highest BCUT2D eigenvalue weighted by molar-refractivity contribution is 6.36. The van der Waals surface area contributed by atoms with Crippen LogP contribution in [0.5, 0.6) is 0 Å². The average Bonchev–Trinajstić information content (AvgIpc) is 3.08. The highest BCUT2D eigenvalue weighted by Gasteiger charge is 2.78. The molecule has 2 N–H and O–H groups in total. The van der Waals surface area contributed by atoms with Gasteiger partial charge in [0.2, 0.25) is 0 Å². The van der Waals surface area contributed by atoms with Crippen molar-refractivity contribution in [1.29, 1.82) is 0 Å². The number of allylic oxidation sites excluding steroid dienone is 4. The zero-order valence-corrected chi connectivity index (χ0v) is 18.6. The number of fused-ring (bicyclic) bond motifs is 7. The molecule has 5 rings (SSSR count). The number of carbonyl (C=O) groups excluding carboxylic acids is 2. The maximum absolute atomic E-state index is 15.5. The smallest absolute Gasteiger partial charge is 0.375 e. The maximum Gasteiger partial charge on any atom is 0.375 e. The minimum Gasteiger partial charge on any atom is -0.475 e. The lowest BCUT2D eigenvalue weighted by Gasteiger charge is -2.60. The van der Waals surface area contributed by atoms with E-state index in [1.54, 1.807) is 26.8 Å². The summed E-state index contributed by atoms with van der Waals surface area (Å²) in [6, 6.07) is 0. The molecule has 0 spiro atoms. The number of ketones is 2. The quantitative estimate of drug-likeness (QED) is 0.624. The van der Waals surface area contributed by atoms with Crippen molar-refractivity contribution in [1.82, 2.24) is 0 Å². The van der Waals surface area contributed by atoms with Gasteiger partial charge in [-0.05, 0) is 62.7 Å². The van der Waals surface area contributed by atoms with Gasteiger partial charge in [-0.3, -0.25) is 9.59 Å². The number of carboxylic acid groups (broad SMARTS) is 1. The molecule has 0 aromatic heterocycles. The summed E-state index contributed by atoms with van der Waals surface area (Å²) >= 11 is 0. The number of aliphatic carboxylic acids is 1. The SMILES string of the molecule is CC1(C)O[C@@H]2C[C@H]3[C@@H]4C[C@H](F)C5=CC(=O)C=C[C@]5(C)[C@H]4[C@@H](O)C[C@]3(C)[C@]2(C(=O)C(=O)O)O1. The van der Waals surface area contributed by atoms with Gasteiger partial charge in [-0.2, -0.15) is 0 Å². The number of aliphatic hydroxyl groups is 1. The van der Waals surface area contributed by atoms with Gasteiger partial charge in [0.25, 0.3) is 5.78 Å². The Hall–Kier alpha value is -1.90. The van der Waals surface area contributed by atoms with Crippen molar-refractivity contribution < 1.29 is 38.5 Å². The zero-order valence-electron chi connectivity index (χ0n) is 18.6. The second-order valence-corrected chi connectivity index (χ2v) is 11.0. The van der Waals surface area contributed by atoms with Gasteiger partial charge in [-0.25, -0.2) is 9.18 Å². The molecule has 7 nitrogen and oxygen atoms in total. The Kier molecular flexibility index (Phi) is 4.36. The van der Waals surface area contributed by atoms with Crippen LogP contribution in [0.2, 0.25) is 0 Å². The van der Waals surface area contributed by atoms with Crippen molar-refractivity contribution in [2.24, 2.45) is 28.6 Å². The molecule has 0 radical (unpaired) electrons. The Labute approximate surface area is 185 Å². The van der Waals surface area contributed by atoms with E-state index in [9.17, 15) is 24.6 Å². The first-order valence-electron chi connectivity index (χ1n) is 11.2. The summed E-state index contributed by atoms with van der Waals surface area (Å²) in [4.78, 5) is 37.0. The van der Waals surface area contributed by atoms with Crippen LogP contribution in [0.15, 0.2) is 23.8 Å². The van der Waals surface area contributed by atoms with E-state index in [1.807, 2.05) is 6.92 Å². The fraction of sp³-hybridized carbons (Fsp3) is 0.708. The first-order valence-corrected chi connectivity index (χ1v) is 11.2.